The molecule has 2 amide bonds. The predicted octanol–water partition coefficient (Wildman–Crippen LogP) is 3.21. The highest BCUT2D eigenvalue weighted by Gasteiger charge is 2.02. The topological polar surface area (TPSA) is 67.4 Å². The van der Waals surface area contributed by atoms with E-state index in [9.17, 15) is 9.59 Å². The van der Waals surface area contributed by atoms with Gasteiger partial charge in [-0.05, 0) is 60.1 Å². The lowest BCUT2D eigenvalue weighted by Crippen LogP contribution is -2.35. The zero-order valence-electron chi connectivity index (χ0n) is 12.9. The first-order valence-corrected chi connectivity index (χ1v) is 8.61. The Labute approximate surface area is 145 Å². The molecule has 5 nitrogen and oxygen atoms in total. The summed E-state index contributed by atoms with van der Waals surface area (Å²) in [5, 5.41) is 5.64. The van der Waals surface area contributed by atoms with Crippen LogP contribution < -0.4 is 10.6 Å². The third-order valence-corrected chi connectivity index (χ3v) is 3.66. The SMILES string of the molecule is CCOC(=O)CCCCCNC(=O)NCc1cccc(I)c1. The Morgan fingerprint density at radius 3 is 2.73 bits per heavy atom. The fourth-order valence-electron chi connectivity index (χ4n) is 1.90. The molecule has 1 aromatic carbocycles. The van der Waals surface area contributed by atoms with E-state index in [1.165, 1.54) is 0 Å². The number of carbonyl (C=O) groups excluding carboxylic acids is 2. The number of carbonyl (C=O) groups is 2. The largest absolute Gasteiger partial charge is 0.466 e. The Bertz CT molecular complexity index is 480. The summed E-state index contributed by atoms with van der Waals surface area (Å²) in [5.41, 5.74) is 1.08. The van der Waals surface area contributed by atoms with Crippen molar-refractivity contribution in [2.45, 2.75) is 39.2 Å². The highest BCUT2D eigenvalue weighted by Crippen LogP contribution is 2.07. The second-order valence-electron chi connectivity index (χ2n) is 4.86. The number of unbranched alkanes of at least 4 members (excludes halogenated alkanes) is 2. The molecule has 6 heteroatoms. The van der Waals surface area contributed by atoms with Crippen molar-refractivity contribution in [3.63, 3.8) is 0 Å². The maximum Gasteiger partial charge on any atom is 0.315 e. The first kappa shape index (κ1) is 18.7. The molecule has 0 unspecified atom stereocenters. The van der Waals surface area contributed by atoms with Gasteiger partial charge in [0.05, 0.1) is 6.61 Å². The van der Waals surface area contributed by atoms with Crippen LogP contribution in [0.2, 0.25) is 0 Å². The van der Waals surface area contributed by atoms with Gasteiger partial charge in [-0.3, -0.25) is 4.79 Å². The van der Waals surface area contributed by atoms with Crippen LogP contribution in [0.15, 0.2) is 24.3 Å². The summed E-state index contributed by atoms with van der Waals surface area (Å²) in [6.07, 6.45) is 3.00. The number of urea groups is 1. The Morgan fingerprint density at radius 2 is 2.00 bits per heavy atom. The summed E-state index contributed by atoms with van der Waals surface area (Å²) in [7, 11) is 0. The summed E-state index contributed by atoms with van der Waals surface area (Å²) in [6, 6.07) is 7.85. The zero-order chi connectivity index (χ0) is 16.2. The Balaban J connectivity index is 2.03. The number of halogens is 1. The normalized spacial score (nSPS) is 10.1. The lowest BCUT2D eigenvalue weighted by Gasteiger charge is -2.08. The van der Waals surface area contributed by atoms with Crippen molar-refractivity contribution >= 4 is 34.6 Å². The summed E-state index contributed by atoms with van der Waals surface area (Å²) >= 11 is 2.25. The summed E-state index contributed by atoms with van der Waals surface area (Å²) in [6.45, 7) is 3.37. The van der Waals surface area contributed by atoms with Gasteiger partial charge in [-0.1, -0.05) is 18.6 Å². The van der Waals surface area contributed by atoms with Gasteiger partial charge in [-0.15, -0.1) is 0 Å². The van der Waals surface area contributed by atoms with E-state index in [0.717, 1.165) is 28.4 Å². The predicted molar refractivity (Wildman–Crippen MR) is 94.5 cm³/mol. The van der Waals surface area contributed by atoms with Crippen LogP contribution in [-0.4, -0.2) is 25.2 Å². The van der Waals surface area contributed by atoms with Gasteiger partial charge in [0, 0.05) is 23.1 Å². The van der Waals surface area contributed by atoms with Crippen molar-refractivity contribution < 1.29 is 14.3 Å². The van der Waals surface area contributed by atoms with E-state index in [1.54, 1.807) is 6.92 Å². The van der Waals surface area contributed by atoms with E-state index in [-0.39, 0.29) is 12.0 Å². The molecule has 0 atom stereocenters. The zero-order valence-corrected chi connectivity index (χ0v) is 15.0. The average Bonchev–Trinajstić information content (AvgIpc) is 2.49. The van der Waals surface area contributed by atoms with Gasteiger partial charge in [0.1, 0.15) is 0 Å². The number of hydrogen-bond donors (Lipinski definition) is 2. The van der Waals surface area contributed by atoms with Crippen molar-refractivity contribution in [3.05, 3.63) is 33.4 Å². The van der Waals surface area contributed by atoms with Crippen LogP contribution >= 0.6 is 22.6 Å². The Hall–Kier alpha value is -1.31. The molecule has 0 radical (unpaired) electrons. The molecule has 0 spiro atoms. The molecule has 1 rings (SSSR count). The number of ether oxygens (including phenoxy) is 1. The van der Waals surface area contributed by atoms with E-state index in [4.69, 9.17) is 4.74 Å². The van der Waals surface area contributed by atoms with Crippen LogP contribution in [0.3, 0.4) is 0 Å². The smallest absolute Gasteiger partial charge is 0.315 e. The molecule has 122 valence electrons. The summed E-state index contributed by atoms with van der Waals surface area (Å²) < 4.78 is 6.00. The van der Waals surface area contributed by atoms with Gasteiger partial charge in [0.2, 0.25) is 0 Å². The van der Waals surface area contributed by atoms with Crippen molar-refractivity contribution in [1.29, 1.82) is 0 Å². The van der Waals surface area contributed by atoms with E-state index in [0.29, 0.717) is 26.1 Å². The van der Waals surface area contributed by atoms with Gasteiger partial charge >= 0.3 is 12.0 Å². The number of hydrogen-bond acceptors (Lipinski definition) is 3. The lowest BCUT2D eigenvalue weighted by atomic mass is 10.2. The van der Waals surface area contributed by atoms with Crippen molar-refractivity contribution in [2.24, 2.45) is 0 Å². The second kappa shape index (κ2) is 11.3. The fourth-order valence-corrected chi connectivity index (χ4v) is 2.51. The van der Waals surface area contributed by atoms with Gasteiger partial charge in [-0.25, -0.2) is 4.79 Å². The van der Waals surface area contributed by atoms with Crippen LogP contribution in [0.5, 0.6) is 0 Å². The molecule has 0 aromatic heterocycles. The standard InChI is InChI=1S/C16H23IN2O3/c1-2-22-15(20)9-4-3-5-10-18-16(21)19-12-13-7-6-8-14(17)11-13/h6-8,11H,2-5,9-10,12H2,1H3,(H2,18,19,21). The third kappa shape index (κ3) is 8.86. The Morgan fingerprint density at radius 1 is 1.18 bits per heavy atom. The molecular weight excluding hydrogens is 395 g/mol. The van der Waals surface area contributed by atoms with Gasteiger partial charge in [-0.2, -0.15) is 0 Å². The fraction of sp³-hybridized carbons (Fsp3) is 0.500. The second-order valence-corrected chi connectivity index (χ2v) is 6.10. The number of rotatable bonds is 9. The first-order chi connectivity index (χ1) is 10.6. The minimum absolute atomic E-state index is 0.148. The molecule has 0 aliphatic rings. The first-order valence-electron chi connectivity index (χ1n) is 7.53. The number of esters is 1. The van der Waals surface area contributed by atoms with Crippen LogP contribution in [0, 0.1) is 3.57 Å². The maximum atomic E-state index is 11.6. The monoisotopic (exact) mass is 418 g/mol. The minimum atomic E-state index is -0.163. The van der Waals surface area contributed by atoms with Crippen molar-refractivity contribution in [1.82, 2.24) is 10.6 Å². The van der Waals surface area contributed by atoms with Gasteiger partial charge < -0.3 is 15.4 Å². The molecular formula is C16H23IN2O3. The molecule has 0 saturated heterocycles. The highest BCUT2D eigenvalue weighted by molar-refractivity contribution is 14.1. The number of amides is 2. The quantitative estimate of drug-likeness (QED) is 0.368. The van der Waals surface area contributed by atoms with Crippen molar-refractivity contribution in [2.75, 3.05) is 13.2 Å². The molecule has 0 heterocycles. The maximum absolute atomic E-state index is 11.6. The molecule has 0 aliphatic heterocycles. The molecule has 2 N–H and O–H groups in total. The van der Waals surface area contributed by atoms with E-state index in [2.05, 4.69) is 33.2 Å². The third-order valence-electron chi connectivity index (χ3n) is 2.99. The molecule has 0 aliphatic carbocycles. The molecule has 0 bridgehead atoms. The molecule has 0 saturated carbocycles. The van der Waals surface area contributed by atoms with E-state index >= 15 is 0 Å². The van der Waals surface area contributed by atoms with Crippen LogP contribution in [0.4, 0.5) is 4.79 Å². The average molecular weight is 418 g/mol. The number of benzene rings is 1. The van der Waals surface area contributed by atoms with Crippen LogP contribution in [0.25, 0.3) is 0 Å². The van der Waals surface area contributed by atoms with Crippen molar-refractivity contribution in [3.8, 4) is 0 Å². The van der Waals surface area contributed by atoms with Gasteiger partial charge in [0.25, 0.3) is 0 Å². The van der Waals surface area contributed by atoms with Crippen LogP contribution in [0.1, 0.15) is 38.2 Å². The van der Waals surface area contributed by atoms with E-state index in [1.807, 2.05) is 24.3 Å². The Kier molecular flexibility index (Phi) is 9.61. The molecule has 1 aromatic rings. The number of nitrogens with one attached hydrogen (secondary N) is 2. The van der Waals surface area contributed by atoms with Crippen LogP contribution in [-0.2, 0) is 16.1 Å². The van der Waals surface area contributed by atoms with E-state index < -0.39 is 0 Å². The van der Waals surface area contributed by atoms with Gasteiger partial charge in [0.15, 0.2) is 0 Å². The highest BCUT2D eigenvalue weighted by atomic mass is 127. The summed E-state index contributed by atoms with van der Waals surface area (Å²) in [4.78, 5) is 22.8. The molecule has 0 fully saturated rings. The minimum Gasteiger partial charge on any atom is -0.466 e. The lowest BCUT2D eigenvalue weighted by molar-refractivity contribution is -0.143. The molecule has 22 heavy (non-hydrogen) atoms. The summed E-state index contributed by atoms with van der Waals surface area (Å²) in [5.74, 6) is -0.148.